The molecule has 0 heterocycles. The standard InChI is InChI=1S/C10H22N2O2/c1-9(2,3)11-8(13)12-10(4,5)7-14-6/h7H2,1-6H3,(H2,11,12,13). The molecule has 0 aromatic rings. The number of nitrogens with one attached hydrogen (secondary N) is 2. The lowest BCUT2D eigenvalue weighted by Crippen LogP contribution is -2.54. The lowest BCUT2D eigenvalue weighted by atomic mass is 10.1. The highest BCUT2D eigenvalue weighted by Gasteiger charge is 2.22. The molecule has 0 rings (SSSR count). The first-order chi connectivity index (χ1) is 6.16. The zero-order chi connectivity index (χ0) is 11.4. The number of amides is 2. The fourth-order valence-electron chi connectivity index (χ4n) is 1.08. The number of rotatable bonds is 3. The highest BCUT2D eigenvalue weighted by molar-refractivity contribution is 5.75. The molecule has 0 atom stereocenters. The Bertz CT molecular complexity index is 195. The van der Waals surface area contributed by atoms with E-state index in [1.807, 2.05) is 34.6 Å². The molecule has 0 aliphatic rings. The summed E-state index contributed by atoms with van der Waals surface area (Å²) in [6.07, 6.45) is 0. The van der Waals surface area contributed by atoms with Crippen molar-refractivity contribution in [1.82, 2.24) is 10.6 Å². The van der Waals surface area contributed by atoms with Crippen LogP contribution in [0, 0.1) is 0 Å². The van der Waals surface area contributed by atoms with Crippen molar-refractivity contribution in [2.24, 2.45) is 0 Å². The van der Waals surface area contributed by atoms with E-state index in [1.165, 1.54) is 0 Å². The quantitative estimate of drug-likeness (QED) is 0.729. The molecule has 0 fully saturated rings. The number of hydrogen-bond acceptors (Lipinski definition) is 2. The molecule has 0 saturated carbocycles. The number of hydrogen-bond donors (Lipinski definition) is 2. The average Bonchev–Trinajstić information content (AvgIpc) is 1.78. The molecule has 4 nitrogen and oxygen atoms in total. The third-order valence-corrected chi connectivity index (χ3v) is 1.45. The van der Waals surface area contributed by atoms with Crippen LogP contribution in [-0.4, -0.2) is 30.8 Å². The van der Waals surface area contributed by atoms with Crippen molar-refractivity contribution in [1.29, 1.82) is 0 Å². The first-order valence-electron chi connectivity index (χ1n) is 4.75. The monoisotopic (exact) mass is 202 g/mol. The maximum atomic E-state index is 11.5. The fraction of sp³-hybridized carbons (Fsp3) is 0.900. The van der Waals surface area contributed by atoms with Crippen molar-refractivity contribution in [3.63, 3.8) is 0 Å². The zero-order valence-electron chi connectivity index (χ0n) is 10.0. The van der Waals surface area contributed by atoms with Gasteiger partial charge in [0.25, 0.3) is 0 Å². The van der Waals surface area contributed by atoms with Crippen molar-refractivity contribution in [3.8, 4) is 0 Å². The van der Waals surface area contributed by atoms with Crippen LogP contribution in [0.15, 0.2) is 0 Å². The molecule has 0 aliphatic heterocycles. The summed E-state index contributed by atoms with van der Waals surface area (Å²) in [7, 11) is 1.62. The van der Waals surface area contributed by atoms with E-state index in [4.69, 9.17) is 4.74 Å². The number of methoxy groups -OCH3 is 1. The van der Waals surface area contributed by atoms with Gasteiger partial charge < -0.3 is 15.4 Å². The van der Waals surface area contributed by atoms with E-state index in [1.54, 1.807) is 7.11 Å². The minimum Gasteiger partial charge on any atom is -0.382 e. The Morgan fingerprint density at radius 2 is 1.64 bits per heavy atom. The highest BCUT2D eigenvalue weighted by Crippen LogP contribution is 2.03. The van der Waals surface area contributed by atoms with Crippen molar-refractivity contribution in [2.75, 3.05) is 13.7 Å². The van der Waals surface area contributed by atoms with Crippen molar-refractivity contribution >= 4 is 6.03 Å². The summed E-state index contributed by atoms with van der Waals surface area (Å²) in [5, 5.41) is 5.67. The lowest BCUT2D eigenvalue weighted by molar-refractivity contribution is 0.130. The van der Waals surface area contributed by atoms with E-state index in [0.29, 0.717) is 6.61 Å². The van der Waals surface area contributed by atoms with Gasteiger partial charge in [-0.05, 0) is 34.6 Å². The van der Waals surface area contributed by atoms with E-state index in [2.05, 4.69) is 10.6 Å². The number of urea groups is 1. The molecule has 0 saturated heterocycles. The van der Waals surface area contributed by atoms with E-state index < -0.39 is 0 Å². The normalized spacial score (nSPS) is 12.4. The molecular weight excluding hydrogens is 180 g/mol. The summed E-state index contributed by atoms with van der Waals surface area (Å²) in [6, 6.07) is -0.167. The molecule has 0 spiro atoms. The van der Waals surface area contributed by atoms with Gasteiger partial charge in [-0.3, -0.25) is 0 Å². The zero-order valence-corrected chi connectivity index (χ0v) is 10.0. The molecule has 4 heteroatoms. The summed E-state index contributed by atoms with van der Waals surface area (Å²) in [4.78, 5) is 11.5. The van der Waals surface area contributed by atoms with E-state index >= 15 is 0 Å². The fourth-order valence-corrected chi connectivity index (χ4v) is 1.08. The maximum absolute atomic E-state index is 11.5. The van der Waals surface area contributed by atoms with Crippen LogP contribution in [0.5, 0.6) is 0 Å². The van der Waals surface area contributed by atoms with Crippen LogP contribution in [0.4, 0.5) is 4.79 Å². The van der Waals surface area contributed by atoms with Gasteiger partial charge in [-0.2, -0.15) is 0 Å². The Balaban J connectivity index is 4.06. The second kappa shape index (κ2) is 4.64. The molecule has 0 aliphatic carbocycles. The van der Waals surface area contributed by atoms with Gasteiger partial charge in [0, 0.05) is 12.6 Å². The van der Waals surface area contributed by atoms with Crippen LogP contribution in [-0.2, 0) is 4.74 Å². The summed E-state index contributed by atoms with van der Waals surface area (Å²) >= 11 is 0. The van der Waals surface area contributed by atoms with Crippen LogP contribution in [0.2, 0.25) is 0 Å². The lowest BCUT2D eigenvalue weighted by Gasteiger charge is -2.28. The molecule has 0 aromatic heterocycles. The van der Waals surface area contributed by atoms with Crippen molar-refractivity contribution < 1.29 is 9.53 Å². The number of carbonyl (C=O) groups excluding carboxylic acids is 1. The maximum Gasteiger partial charge on any atom is 0.315 e. The molecule has 0 aromatic carbocycles. The smallest absolute Gasteiger partial charge is 0.315 e. The second-order valence-electron chi connectivity index (χ2n) is 5.15. The Labute approximate surface area is 86.4 Å². The van der Waals surface area contributed by atoms with Crippen LogP contribution < -0.4 is 10.6 Å². The van der Waals surface area contributed by atoms with Gasteiger partial charge >= 0.3 is 6.03 Å². The van der Waals surface area contributed by atoms with Gasteiger partial charge in [0.15, 0.2) is 0 Å². The van der Waals surface area contributed by atoms with Gasteiger partial charge in [-0.15, -0.1) is 0 Å². The number of carbonyl (C=O) groups is 1. The van der Waals surface area contributed by atoms with Gasteiger partial charge in [0.05, 0.1) is 12.1 Å². The summed E-state index contributed by atoms with van der Waals surface area (Å²) in [6.45, 7) is 10.1. The molecule has 2 amide bonds. The molecular formula is C10H22N2O2. The Morgan fingerprint density at radius 3 is 2.00 bits per heavy atom. The van der Waals surface area contributed by atoms with Crippen molar-refractivity contribution in [2.45, 2.75) is 45.7 Å². The van der Waals surface area contributed by atoms with Crippen LogP contribution >= 0.6 is 0 Å². The van der Waals surface area contributed by atoms with E-state index in [-0.39, 0.29) is 17.1 Å². The highest BCUT2D eigenvalue weighted by atomic mass is 16.5. The predicted octanol–water partition coefficient (Wildman–Crippen LogP) is 1.51. The molecule has 84 valence electrons. The van der Waals surface area contributed by atoms with Crippen LogP contribution in [0.3, 0.4) is 0 Å². The first-order valence-corrected chi connectivity index (χ1v) is 4.75. The summed E-state index contributed by atoms with van der Waals surface area (Å²) in [5.74, 6) is 0. The number of ether oxygens (including phenoxy) is 1. The Hall–Kier alpha value is -0.770. The Kier molecular flexibility index (Phi) is 4.39. The first kappa shape index (κ1) is 13.2. The summed E-state index contributed by atoms with van der Waals surface area (Å²) in [5.41, 5.74) is -0.558. The van der Waals surface area contributed by atoms with Gasteiger partial charge in [-0.1, -0.05) is 0 Å². The largest absolute Gasteiger partial charge is 0.382 e. The summed E-state index contributed by atoms with van der Waals surface area (Å²) < 4.78 is 5.00. The third kappa shape index (κ3) is 6.71. The van der Waals surface area contributed by atoms with Gasteiger partial charge in [0.1, 0.15) is 0 Å². The SMILES string of the molecule is COCC(C)(C)NC(=O)NC(C)(C)C. The van der Waals surface area contributed by atoms with Crippen molar-refractivity contribution in [3.05, 3.63) is 0 Å². The second-order valence-corrected chi connectivity index (χ2v) is 5.15. The van der Waals surface area contributed by atoms with Crippen LogP contribution in [0.25, 0.3) is 0 Å². The molecule has 14 heavy (non-hydrogen) atoms. The van der Waals surface area contributed by atoms with E-state index in [9.17, 15) is 4.79 Å². The Morgan fingerprint density at radius 1 is 1.14 bits per heavy atom. The molecule has 2 N–H and O–H groups in total. The van der Waals surface area contributed by atoms with Crippen LogP contribution in [0.1, 0.15) is 34.6 Å². The molecule has 0 unspecified atom stereocenters. The topological polar surface area (TPSA) is 50.4 Å². The third-order valence-electron chi connectivity index (χ3n) is 1.45. The van der Waals surface area contributed by atoms with Gasteiger partial charge in [-0.25, -0.2) is 4.79 Å². The minimum absolute atomic E-state index is 0.167. The average molecular weight is 202 g/mol. The van der Waals surface area contributed by atoms with E-state index in [0.717, 1.165) is 0 Å². The van der Waals surface area contributed by atoms with Gasteiger partial charge in [0.2, 0.25) is 0 Å². The molecule has 0 bridgehead atoms. The molecule has 0 radical (unpaired) electrons. The predicted molar refractivity (Wildman–Crippen MR) is 57.4 cm³/mol. The minimum atomic E-state index is -0.343.